The fourth-order valence-electron chi connectivity index (χ4n) is 3.03. The van der Waals surface area contributed by atoms with Crippen LogP contribution >= 0.6 is 0 Å². The molecule has 0 aliphatic rings. The van der Waals surface area contributed by atoms with Crippen LogP contribution in [-0.2, 0) is 5.60 Å². The van der Waals surface area contributed by atoms with Crippen molar-refractivity contribution >= 4 is 0 Å². The normalized spacial score (nSPS) is 13.8. The molecule has 1 atom stereocenters. The van der Waals surface area contributed by atoms with Crippen molar-refractivity contribution in [3.05, 3.63) is 60.2 Å². The molecule has 0 saturated carbocycles. The Bertz CT molecular complexity index is 604. The molecule has 0 aliphatic heterocycles. The molecule has 3 nitrogen and oxygen atoms in total. The lowest BCUT2D eigenvalue weighted by atomic mass is 9.91. The third-order valence-corrected chi connectivity index (χ3v) is 4.90. The summed E-state index contributed by atoms with van der Waals surface area (Å²) in [7, 11) is 0. The van der Waals surface area contributed by atoms with E-state index in [0.29, 0.717) is 6.42 Å². The van der Waals surface area contributed by atoms with E-state index >= 15 is 0 Å². The number of benzene rings is 2. The van der Waals surface area contributed by atoms with Crippen LogP contribution < -0.4 is 5.32 Å². The summed E-state index contributed by atoms with van der Waals surface area (Å²) in [6.45, 7) is 11.3. The van der Waals surface area contributed by atoms with E-state index in [2.05, 4.69) is 48.3 Å². The molecule has 0 spiro atoms. The third-order valence-electron chi connectivity index (χ3n) is 4.90. The van der Waals surface area contributed by atoms with Gasteiger partial charge in [0.15, 0.2) is 0 Å². The van der Waals surface area contributed by atoms with Gasteiger partial charge in [-0.25, -0.2) is 0 Å². The molecular formula is C22H32N2O. The minimum Gasteiger partial charge on any atom is -0.385 e. The summed E-state index contributed by atoms with van der Waals surface area (Å²) < 4.78 is 0. The highest BCUT2D eigenvalue weighted by Gasteiger charge is 2.22. The van der Waals surface area contributed by atoms with Gasteiger partial charge >= 0.3 is 0 Å². The van der Waals surface area contributed by atoms with E-state index in [1.165, 1.54) is 11.1 Å². The Morgan fingerprint density at radius 1 is 0.880 bits per heavy atom. The molecule has 0 fully saturated rings. The highest BCUT2D eigenvalue weighted by atomic mass is 16.3. The number of hydrogen-bond donors (Lipinski definition) is 2. The molecule has 0 aromatic heterocycles. The zero-order valence-corrected chi connectivity index (χ0v) is 15.8. The van der Waals surface area contributed by atoms with Crippen molar-refractivity contribution in [3.63, 3.8) is 0 Å². The second-order valence-corrected chi connectivity index (χ2v) is 6.74. The van der Waals surface area contributed by atoms with Gasteiger partial charge in [0.25, 0.3) is 0 Å². The van der Waals surface area contributed by atoms with Crippen LogP contribution in [0.25, 0.3) is 11.1 Å². The lowest BCUT2D eigenvalue weighted by Gasteiger charge is -2.25. The van der Waals surface area contributed by atoms with Gasteiger partial charge in [-0.05, 0) is 49.7 Å². The van der Waals surface area contributed by atoms with E-state index in [9.17, 15) is 5.11 Å². The maximum Gasteiger partial charge on any atom is 0.0880 e. The van der Waals surface area contributed by atoms with Gasteiger partial charge < -0.3 is 15.3 Å². The van der Waals surface area contributed by atoms with E-state index in [0.717, 1.165) is 38.3 Å². The molecule has 0 heterocycles. The first-order valence-corrected chi connectivity index (χ1v) is 9.38. The van der Waals surface area contributed by atoms with E-state index in [-0.39, 0.29) is 0 Å². The second-order valence-electron chi connectivity index (χ2n) is 6.74. The standard InChI is InChI=1S/C22H32N2O/c1-4-24(5-2)18-17-23-16-15-22(3,25)21-13-11-20(12-14-21)19-9-7-6-8-10-19/h6-14,23,25H,4-5,15-18H2,1-3H3. The number of nitrogens with one attached hydrogen (secondary N) is 1. The molecule has 0 saturated heterocycles. The van der Waals surface area contributed by atoms with Gasteiger partial charge in [0.05, 0.1) is 5.60 Å². The van der Waals surface area contributed by atoms with Gasteiger partial charge in [-0.15, -0.1) is 0 Å². The average Bonchev–Trinajstić information content (AvgIpc) is 2.65. The Balaban J connectivity index is 1.85. The zero-order valence-electron chi connectivity index (χ0n) is 15.8. The predicted octanol–water partition coefficient (Wildman–Crippen LogP) is 3.88. The van der Waals surface area contributed by atoms with Crippen LogP contribution in [0, 0.1) is 0 Å². The fraction of sp³-hybridized carbons (Fsp3) is 0.455. The van der Waals surface area contributed by atoms with Crippen LogP contribution in [0.1, 0.15) is 32.8 Å². The molecule has 25 heavy (non-hydrogen) atoms. The molecule has 136 valence electrons. The van der Waals surface area contributed by atoms with Crippen molar-refractivity contribution in [2.24, 2.45) is 0 Å². The number of hydrogen-bond acceptors (Lipinski definition) is 3. The summed E-state index contributed by atoms with van der Waals surface area (Å²) >= 11 is 0. The quantitative estimate of drug-likeness (QED) is 0.644. The Labute approximate surface area is 152 Å². The second kappa shape index (κ2) is 9.71. The topological polar surface area (TPSA) is 35.5 Å². The summed E-state index contributed by atoms with van der Waals surface area (Å²) in [6.07, 6.45) is 0.704. The lowest BCUT2D eigenvalue weighted by Crippen LogP contribution is -2.34. The van der Waals surface area contributed by atoms with Gasteiger partial charge in [-0.1, -0.05) is 68.4 Å². The number of rotatable bonds is 10. The summed E-state index contributed by atoms with van der Waals surface area (Å²) in [5.74, 6) is 0. The maximum atomic E-state index is 10.8. The summed E-state index contributed by atoms with van der Waals surface area (Å²) in [6, 6.07) is 18.6. The summed E-state index contributed by atoms with van der Waals surface area (Å²) in [4.78, 5) is 2.40. The first kappa shape index (κ1) is 19.6. The Morgan fingerprint density at radius 2 is 1.48 bits per heavy atom. The minimum absolute atomic E-state index is 0.704. The molecule has 0 radical (unpaired) electrons. The number of likely N-dealkylation sites (N-methyl/N-ethyl adjacent to an activating group) is 1. The average molecular weight is 341 g/mol. The largest absolute Gasteiger partial charge is 0.385 e. The number of aliphatic hydroxyl groups is 1. The maximum absolute atomic E-state index is 10.8. The lowest BCUT2D eigenvalue weighted by molar-refractivity contribution is 0.0479. The van der Waals surface area contributed by atoms with Gasteiger partial charge in [0, 0.05) is 13.1 Å². The monoisotopic (exact) mass is 340 g/mol. The molecule has 2 aromatic carbocycles. The van der Waals surface area contributed by atoms with Crippen LogP contribution in [0.15, 0.2) is 54.6 Å². The predicted molar refractivity (Wildman–Crippen MR) is 107 cm³/mol. The Kier molecular flexibility index (Phi) is 7.63. The minimum atomic E-state index is -0.808. The van der Waals surface area contributed by atoms with Crippen molar-refractivity contribution in [1.29, 1.82) is 0 Å². The van der Waals surface area contributed by atoms with E-state index in [1.807, 2.05) is 37.3 Å². The third kappa shape index (κ3) is 5.96. The first-order valence-electron chi connectivity index (χ1n) is 9.38. The van der Waals surface area contributed by atoms with Gasteiger partial charge in [-0.2, -0.15) is 0 Å². The van der Waals surface area contributed by atoms with Crippen LogP contribution in [0.4, 0.5) is 0 Å². The van der Waals surface area contributed by atoms with E-state index in [1.54, 1.807) is 0 Å². The van der Waals surface area contributed by atoms with Crippen molar-refractivity contribution in [3.8, 4) is 11.1 Å². The van der Waals surface area contributed by atoms with Crippen molar-refractivity contribution < 1.29 is 5.11 Å². The molecule has 0 bridgehead atoms. The van der Waals surface area contributed by atoms with Crippen LogP contribution in [0.5, 0.6) is 0 Å². The summed E-state index contributed by atoms with van der Waals surface area (Å²) in [5.41, 5.74) is 2.54. The number of nitrogens with zero attached hydrogens (tertiary/aromatic N) is 1. The molecule has 3 heteroatoms. The van der Waals surface area contributed by atoms with E-state index < -0.39 is 5.60 Å². The van der Waals surface area contributed by atoms with Gasteiger partial charge in [0.2, 0.25) is 0 Å². The Hall–Kier alpha value is -1.68. The molecule has 0 amide bonds. The SMILES string of the molecule is CCN(CC)CCNCCC(C)(O)c1ccc(-c2ccccc2)cc1. The smallest absolute Gasteiger partial charge is 0.0880 e. The zero-order chi connectivity index (χ0) is 18.1. The molecule has 2 aromatic rings. The summed E-state index contributed by atoms with van der Waals surface area (Å²) in [5, 5.41) is 14.2. The van der Waals surface area contributed by atoms with Crippen molar-refractivity contribution in [2.45, 2.75) is 32.8 Å². The van der Waals surface area contributed by atoms with Gasteiger partial charge in [0.1, 0.15) is 0 Å². The van der Waals surface area contributed by atoms with Crippen LogP contribution in [-0.4, -0.2) is 42.7 Å². The molecule has 1 unspecified atom stereocenters. The van der Waals surface area contributed by atoms with Crippen molar-refractivity contribution in [2.75, 3.05) is 32.7 Å². The van der Waals surface area contributed by atoms with Crippen LogP contribution in [0.3, 0.4) is 0 Å². The highest BCUT2D eigenvalue weighted by Crippen LogP contribution is 2.27. The Morgan fingerprint density at radius 3 is 2.08 bits per heavy atom. The van der Waals surface area contributed by atoms with Gasteiger partial charge in [-0.3, -0.25) is 0 Å². The molecule has 2 N–H and O–H groups in total. The molecule has 2 rings (SSSR count). The van der Waals surface area contributed by atoms with Crippen LogP contribution in [0.2, 0.25) is 0 Å². The van der Waals surface area contributed by atoms with E-state index in [4.69, 9.17) is 0 Å². The fourth-order valence-corrected chi connectivity index (χ4v) is 3.03. The molecule has 0 aliphatic carbocycles. The van der Waals surface area contributed by atoms with Crippen molar-refractivity contribution in [1.82, 2.24) is 10.2 Å². The molecular weight excluding hydrogens is 308 g/mol. The first-order chi connectivity index (χ1) is 12.1. The highest BCUT2D eigenvalue weighted by molar-refractivity contribution is 5.63.